The molecule has 3 heterocycles. The Kier molecular flexibility index (Phi) is 6.72. The van der Waals surface area contributed by atoms with E-state index in [4.69, 9.17) is 13.9 Å². The number of ether oxygens (including phenoxy) is 2. The Bertz CT molecular complexity index is 1380. The zero-order valence-corrected chi connectivity index (χ0v) is 19.3. The van der Waals surface area contributed by atoms with Gasteiger partial charge in [0.2, 0.25) is 5.95 Å². The first-order valence-electron chi connectivity index (χ1n) is 11.3. The van der Waals surface area contributed by atoms with Crippen molar-refractivity contribution >= 4 is 22.8 Å². The first-order chi connectivity index (χ1) is 17.5. The SMILES string of the molecule is COc1ccc([C@H](NC(=O)c2cc(F)c3cnc(NC4CCOCC4)nc3c2)c2cnco2)cc1F. The van der Waals surface area contributed by atoms with E-state index >= 15 is 0 Å². The number of nitrogens with zero attached hydrogens (tertiary/aromatic N) is 3. The van der Waals surface area contributed by atoms with Crippen molar-refractivity contribution in [3.8, 4) is 5.75 Å². The van der Waals surface area contributed by atoms with Gasteiger partial charge in [0, 0.05) is 31.0 Å². The Morgan fingerprint density at radius 3 is 2.69 bits per heavy atom. The maximum absolute atomic E-state index is 14.9. The molecule has 9 nitrogen and oxygen atoms in total. The third kappa shape index (κ3) is 4.96. The molecule has 0 unspecified atom stereocenters. The van der Waals surface area contributed by atoms with Gasteiger partial charge in [0.05, 0.1) is 24.2 Å². The van der Waals surface area contributed by atoms with Gasteiger partial charge < -0.3 is 24.5 Å². The summed E-state index contributed by atoms with van der Waals surface area (Å²) in [6.07, 6.45) is 5.63. The molecule has 11 heteroatoms. The fraction of sp³-hybridized carbons (Fsp3) is 0.280. The number of amides is 1. The molecule has 0 saturated carbocycles. The molecule has 1 aliphatic rings. The first-order valence-corrected chi connectivity index (χ1v) is 11.3. The van der Waals surface area contributed by atoms with Gasteiger partial charge in [-0.1, -0.05) is 6.07 Å². The molecule has 2 aromatic carbocycles. The van der Waals surface area contributed by atoms with Crippen molar-refractivity contribution in [3.63, 3.8) is 0 Å². The van der Waals surface area contributed by atoms with Gasteiger partial charge in [0.25, 0.3) is 5.91 Å². The van der Waals surface area contributed by atoms with Crippen LogP contribution in [0.3, 0.4) is 0 Å². The van der Waals surface area contributed by atoms with Crippen LogP contribution in [0.25, 0.3) is 10.9 Å². The highest BCUT2D eigenvalue weighted by molar-refractivity contribution is 5.98. The largest absolute Gasteiger partial charge is 0.494 e. The average Bonchev–Trinajstić information content (AvgIpc) is 3.42. The lowest BCUT2D eigenvalue weighted by molar-refractivity contribution is 0.0903. The molecule has 186 valence electrons. The number of rotatable bonds is 7. The molecule has 1 aliphatic heterocycles. The second-order valence-corrected chi connectivity index (χ2v) is 8.32. The summed E-state index contributed by atoms with van der Waals surface area (Å²) in [4.78, 5) is 25.7. The smallest absolute Gasteiger partial charge is 0.252 e. The molecule has 1 fully saturated rings. The van der Waals surface area contributed by atoms with Crippen LogP contribution in [0.15, 0.2) is 53.5 Å². The van der Waals surface area contributed by atoms with Gasteiger partial charge in [-0.3, -0.25) is 4.79 Å². The van der Waals surface area contributed by atoms with Gasteiger partial charge in [0.15, 0.2) is 23.7 Å². The van der Waals surface area contributed by atoms with E-state index in [0.29, 0.717) is 24.7 Å². The second kappa shape index (κ2) is 10.2. The van der Waals surface area contributed by atoms with Crippen LogP contribution in [0, 0.1) is 11.6 Å². The summed E-state index contributed by atoms with van der Waals surface area (Å²) >= 11 is 0. The molecular formula is C25H23F2N5O4. The van der Waals surface area contributed by atoms with Crippen LogP contribution >= 0.6 is 0 Å². The van der Waals surface area contributed by atoms with E-state index < -0.39 is 23.6 Å². The lowest BCUT2D eigenvalue weighted by atomic mass is 10.0. The van der Waals surface area contributed by atoms with Crippen molar-refractivity contribution in [2.45, 2.75) is 24.9 Å². The molecule has 0 spiro atoms. The minimum absolute atomic E-state index is 0.0363. The normalized spacial score (nSPS) is 15.0. The number of carbonyl (C=O) groups excluding carboxylic acids is 1. The molecule has 36 heavy (non-hydrogen) atoms. The maximum atomic E-state index is 14.9. The number of halogens is 2. The van der Waals surface area contributed by atoms with E-state index in [1.807, 2.05) is 0 Å². The Morgan fingerprint density at radius 2 is 1.97 bits per heavy atom. The van der Waals surface area contributed by atoms with Crippen LogP contribution in [0.1, 0.15) is 40.6 Å². The standard InChI is InChI=1S/C25H23F2N5O4/c1-34-21-3-2-14(8-19(21)27)23(22-12-28-13-36-22)32-24(33)15-9-18(26)17-11-29-25(31-20(17)10-15)30-16-4-6-35-7-5-16/h2-3,8-13,16,23H,4-7H2,1H3,(H,32,33)(H,29,30,31)/t23-/m0/s1. The summed E-state index contributed by atoms with van der Waals surface area (Å²) in [5, 5.41) is 6.19. The Hall–Kier alpha value is -4.12. The van der Waals surface area contributed by atoms with Crippen molar-refractivity contribution in [1.82, 2.24) is 20.3 Å². The average molecular weight is 495 g/mol. The third-order valence-electron chi connectivity index (χ3n) is 5.99. The minimum atomic E-state index is -0.879. The summed E-state index contributed by atoms with van der Waals surface area (Å²) in [6.45, 7) is 1.29. The van der Waals surface area contributed by atoms with Gasteiger partial charge in [-0.25, -0.2) is 23.7 Å². The monoisotopic (exact) mass is 495 g/mol. The van der Waals surface area contributed by atoms with Crippen molar-refractivity contribution in [3.05, 3.63) is 77.6 Å². The van der Waals surface area contributed by atoms with E-state index in [-0.39, 0.29) is 34.0 Å². The fourth-order valence-electron chi connectivity index (χ4n) is 4.08. The highest BCUT2D eigenvalue weighted by atomic mass is 19.1. The number of fused-ring (bicyclic) bond motifs is 1. The highest BCUT2D eigenvalue weighted by Gasteiger charge is 2.23. The van der Waals surface area contributed by atoms with Crippen molar-refractivity contribution in [1.29, 1.82) is 0 Å². The number of carbonyl (C=O) groups is 1. The Labute approximate surface area is 204 Å². The molecule has 2 aromatic heterocycles. The summed E-state index contributed by atoms with van der Waals surface area (Å²) in [5.41, 5.74) is 0.704. The molecule has 1 saturated heterocycles. The number of nitrogens with one attached hydrogen (secondary N) is 2. The molecular weight excluding hydrogens is 472 g/mol. The van der Waals surface area contributed by atoms with Crippen molar-refractivity contribution in [2.75, 3.05) is 25.6 Å². The summed E-state index contributed by atoms with van der Waals surface area (Å²) in [5.74, 6) is -1.17. The number of benzene rings is 2. The van der Waals surface area contributed by atoms with Crippen LogP contribution in [-0.2, 0) is 4.74 Å². The summed E-state index contributed by atoms with van der Waals surface area (Å²) in [6, 6.07) is 6.14. The topological polar surface area (TPSA) is 111 Å². The first kappa shape index (κ1) is 23.6. The number of oxazole rings is 1. The van der Waals surface area contributed by atoms with E-state index in [0.717, 1.165) is 18.9 Å². The zero-order chi connectivity index (χ0) is 25.1. The lowest BCUT2D eigenvalue weighted by Crippen LogP contribution is -2.29. The fourth-order valence-corrected chi connectivity index (χ4v) is 4.08. The van der Waals surface area contributed by atoms with Crippen LogP contribution in [0.2, 0.25) is 0 Å². The van der Waals surface area contributed by atoms with E-state index in [1.165, 1.54) is 44.1 Å². The number of hydrogen-bond acceptors (Lipinski definition) is 8. The van der Waals surface area contributed by atoms with Gasteiger partial charge in [0.1, 0.15) is 11.9 Å². The molecule has 1 atom stereocenters. The predicted molar refractivity (Wildman–Crippen MR) is 126 cm³/mol. The van der Waals surface area contributed by atoms with Crippen LogP contribution < -0.4 is 15.4 Å². The lowest BCUT2D eigenvalue weighted by Gasteiger charge is -2.23. The van der Waals surface area contributed by atoms with Crippen LogP contribution in [0.5, 0.6) is 5.75 Å². The maximum Gasteiger partial charge on any atom is 0.252 e. The molecule has 5 rings (SSSR count). The quantitative estimate of drug-likeness (QED) is 0.396. The van der Waals surface area contributed by atoms with Gasteiger partial charge in [-0.15, -0.1) is 0 Å². The van der Waals surface area contributed by atoms with E-state index in [9.17, 15) is 13.6 Å². The van der Waals surface area contributed by atoms with Crippen LogP contribution in [0.4, 0.5) is 14.7 Å². The highest BCUT2D eigenvalue weighted by Crippen LogP contribution is 2.27. The number of methoxy groups -OCH3 is 1. The predicted octanol–water partition coefficient (Wildman–Crippen LogP) is 4.01. The van der Waals surface area contributed by atoms with Crippen molar-refractivity contribution < 1.29 is 27.5 Å². The van der Waals surface area contributed by atoms with E-state index in [2.05, 4.69) is 25.6 Å². The third-order valence-corrected chi connectivity index (χ3v) is 5.99. The zero-order valence-electron chi connectivity index (χ0n) is 19.3. The number of hydrogen-bond donors (Lipinski definition) is 2. The second-order valence-electron chi connectivity index (χ2n) is 8.32. The van der Waals surface area contributed by atoms with Gasteiger partial charge in [-0.2, -0.15) is 0 Å². The Balaban J connectivity index is 1.43. The Morgan fingerprint density at radius 1 is 1.14 bits per heavy atom. The molecule has 2 N–H and O–H groups in total. The van der Waals surface area contributed by atoms with Crippen molar-refractivity contribution in [2.24, 2.45) is 0 Å². The molecule has 4 aromatic rings. The minimum Gasteiger partial charge on any atom is -0.494 e. The van der Waals surface area contributed by atoms with E-state index in [1.54, 1.807) is 6.07 Å². The number of aromatic nitrogens is 3. The van der Waals surface area contributed by atoms with Gasteiger partial charge >= 0.3 is 0 Å². The molecule has 0 aliphatic carbocycles. The molecule has 0 radical (unpaired) electrons. The van der Waals surface area contributed by atoms with Gasteiger partial charge in [-0.05, 0) is 42.7 Å². The van der Waals surface area contributed by atoms with Crippen LogP contribution in [-0.4, -0.2) is 47.2 Å². The number of anilines is 1. The molecule has 0 bridgehead atoms. The summed E-state index contributed by atoms with van der Waals surface area (Å²) in [7, 11) is 1.36. The summed E-state index contributed by atoms with van der Waals surface area (Å²) < 4.78 is 45.0. The molecule has 1 amide bonds.